The Morgan fingerprint density at radius 1 is 1.19 bits per heavy atom. The number of rotatable bonds is 9. The molecule has 0 fully saturated rings. The maximum atomic E-state index is 14.2. The van der Waals surface area contributed by atoms with Gasteiger partial charge in [0.25, 0.3) is 0 Å². The van der Waals surface area contributed by atoms with E-state index < -0.39 is 17.5 Å². The number of aromatic nitrogens is 1. The monoisotopic (exact) mass is 449 g/mol. The molecule has 0 radical (unpaired) electrons. The maximum Gasteiger partial charge on any atom is 0.311 e. The van der Waals surface area contributed by atoms with Crippen molar-refractivity contribution in [3.8, 4) is 5.75 Å². The Labute approximate surface area is 180 Å². The van der Waals surface area contributed by atoms with Crippen molar-refractivity contribution < 1.29 is 27.4 Å². The van der Waals surface area contributed by atoms with Crippen LogP contribution in [0.5, 0.6) is 5.75 Å². The van der Waals surface area contributed by atoms with Crippen LogP contribution in [-0.2, 0) is 22.6 Å². The summed E-state index contributed by atoms with van der Waals surface area (Å²) in [4.78, 5) is 15.7. The molecule has 31 heavy (non-hydrogen) atoms. The number of benzene rings is 2. The fraction of sp³-hybridized carbons (Fsp3) is 0.190. The first-order valence-electron chi connectivity index (χ1n) is 9.20. The highest BCUT2D eigenvalue weighted by Gasteiger charge is 2.09. The Bertz CT molecular complexity index is 1090. The van der Waals surface area contributed by atoms with Crippen LogP contribution in [0.1, 0.15) is 23.7 Å². The molecule has 1 heterocycles. The Kier molecular flexibility index (Phi) is 7.60. The average Bonchev–Trinajstić information content (AvgIpc) is 3.17. The molecule has 0 saturated heterocycles. The van der Waals surface area contributed by atoms with Crippen molar-refractivity contribution in [2.24, 2.45) is 5.10 Å². The molecule has 0 amide bonds. The first-order chi connectivity index (χ1) is 14.9. The zero-order valence-corrected chi connectivity index (χ0v) is 17.2. The Balaban J connectivity index is 1.55. The molecule has 1 aromatic heterocycles. The summed E-state index contributed by atoms with van der Waals surface area (Å²) in [6.07, 6.45) is 1.45. The second-order valence-electron chi connectivity index (χ2n) is 6.21. The standard InChI is InChI=1S/C21H18F3N3O3S/c1-2-29-20(28)9-16-12-31-21(26-16)27-25-10-13-3-6-19(18(24)7-13)30-11-14-8-15(22)4-5-17(14)23/h3-8,10,12H,2,9,11H2,1H3,(H,26,27). The summed E-state index contributed by atoms with van der Waals surface area (Å²) in [7, 11) is 0. The fourth-order valence-corrected chi connectivity index (χ4v) is 3.14. The topological polar surface area (TPSA) is 72.8 Å². The van der Waals surface area contributed by atoms with E-state index in [9.17, 15) is 18.0 Å². The fourth-order valence-electron chi connectivity index (χ4n) is 2.49. The van der Waals surface area contributed by atoms with Crippen molar-refractivity contribution in [2.45, 2.75) is 20.0 Å². The number of ether oxygens (including phenoxy) is 2. The number of thiazole rings is 1. The van der Waals surface area contributed by atoms with Gasteiger partial charge in [-0.2, -0.15) is 5.10 Å². The average molecular weight is 449 g/mol. The van der Waals surface area contributed by atoms with Gasteiger partial charge in [0.15, 0.2) is 11.6 Å². The van der Waals surface area contributed by atoms with Crippen LogP contribution >= 0.6 is 11.3 Å². The van der Waals surface area contributed by atoms with Gasteiger partial charge < -0.3 is 9.47 Å². The SMILES string of the molecule is CCOC(=O)Cc1csc(NN=Cc2ccc(OCc3cc(F)ccc3F)c(F)c2)n1. The first kappa shape index (κ1) is 22.3. The van der Waals surface area contributed by atoms with Crippen LogP contribution in [0.4, 0.5) is 18.3 Å². The highest BCUT2D eigenvalue weighted by atomic mass is 32.1. The van der Waals surface area contributed by atoms with Gasteiger partial charge in [0.05, 0.1) is 24.9 Å². The van der Waals surface area contributed by atoms with E-state index >= 15 is 0 Å². The molecule has 0 aliphatic rings. The zero-order chi connectivity index (χ0) is 22.2. The number of esters is 1. The number of halogens is 3. The van der Waals surface area contributed by atoms with Crippen molar-refractivity contribution in [3.05, 3.63) is 76.1 Å². The third-order valence-corrected chi connectivity index (χ3v) is 4.70. The minimum Gasteiger partial charge on any atom is -0.486 e. The summed E-state index contributed by atoms with van der Waals surface area (Å²) in [6.45, 7) is 1.72. The van der Waals surface area contributed by atoms with Gasteiger partial charge in [-0.05, 0) is 48.9 Å². The minimum absolute atomic E-state index is 0.0139. The number of nitrogens with zero attached hydrogens (tertiary/aromatic N) is 2. The third kappa shape index (κ3) is 6.54. The number of hydrazone groups is 1. The Morgan fingerprint density at radius 3 is 2.81 bits per heavy atom. The smallest absolute Gasteiger partial charge is 0.311 e. The number of hydrogen-bond acceptors (Lipinski definition) is 7. The van der Waals surface area contributed by atoms with Gasteiger partial charge in [-0.15, -0.1) is 11.3 Å². The molecule has 0 spiro atoms. The summed E-state index contributed by atoms with van der Waals surface area (Å²) in [5, 5.41) is 6.16. The number of carbonyl (C=O) groups excluding carboxylic acids is 1. The molecule has 0 unspecified atom stereocenters. The molecule has 3 aromatic rings. The van der Waals surface area contributed by atoms with E-state index in [1.54, 1.807) is 18.4 Å². The van der Waals surface area contributed by atoms with Crippen LogP contribution in [-0.4, -0.2) is 23.8 Å². The molecule has 0 saturated carbocycles. The van der Waals surface area contributed by atoms with E-state index in [2.05, 4.69) is 15.5 Å². The van der Waals surface area contributed by atoms with Crippen molar-refractivity contribution in [2.75, 3.05) is 12.0 Å². The lowest BCUT2D eigenvalue weighted by Crippen LogP contribution is -2.07. The van der Waals surface area contributed by atoms with E-state index in [-0.39, 0.29) is 30.3 Å². The van der Waals surface area contributed by atoms with Crippen LogP contribution in [0, 0.1) is 17.5 Å². The number of nitrogens with one attached hydrogen (secondary N) is 1. The zero-order valence-electron chi connectivity index (χ0n) is 16.4. The Hall–Kier alpha value is -3.40. The normalized spacial score (nSPS) is 11.0. The molecular weight excluding hydrogens is 431 g/mol. The molecule has 0 atom stereocenters. The second-order valence-corrected chi connectivity index (χ2v) is 7.07. The highest BCUT2D eigenvalue weighted by Crippen LogP contribution is 2.21. The van der Waals surface area contributed by atoms with Crippen molar-refractivity contribution in [3.63, 3.8) is 0 Å². The van der Waals surface area contributed by atoms with Gasteiger partial charge in [0, 0.05) is 10.9 Å². The molecule has 6 nitrogen and oxygen atoms in total. The molecule has 2 aromatic carbocycles. The molecule has 0 aliphatic carbocycles. The lowest BCUT2D eigenvalue weighted by molar-refractivity contribution is -0.142. The minimum atomic E-state index is -0.674. The lowest BCUT2D eigenvalue weighted by Gasteiger charge is -2.08. The molecule has 0 bridgehead atoms. The summed E-state index contributed by atoms with van der Waals surface area (Å²) >= 11 is 1.26. The predicted octanol–water partition coefficient (Wildman–Crippen LogP) is 4.69. The Morgan fingerprint density at radius 2 is 2.03 bits per heavy atom. The van der Waals surface area contributed by atoms with E-state index in [1.165, 1.54) is 29.7 Å². The van der Waals surface area contributed by atoms with Crippen LogP contribution in [0.2, 0.25) is 0 Å². The number of carbonyl (C=O) groups is 1. The van der Waals surface area contributed by atoms with E-state index in [1.807, 2.05) is 0 Å². The number of anilines is 1. The van der Waals surface area contributed by atoms with Crippen LogP contribution in [0.25, 0.3) is 0 Å². The first-order valence-corrected chi connectivity index (χ1v) is 10.1. The quantitative estimate of drug-likeness (QED) is 0.292. The van der Waals surface area contributed by atoms with Crippen molar-refractivity contribution in [1.29, 1.82) is 0 Å². The largest absolute Gasteiger partial charge is 0.486 e. The summed E-state index contributed by atoms with van der Waals surface area (Å²) in [5.41, 5.74) is 3.69. The summed E-state index contributed by atoms with van der Waals surface area (Å²) in [6, 6.07) is 7.09. The van der Waals surface area contributed by atoms with Crippen LogP contribution < -0.4 is 10.2 Å². The molecule has 1 N–H and O–H groups in total. The van der Waals surface area contributed by atoms with E-state index in [0.717, 1.165) is 18.2 Å². The van der Waals surface area contributed by atoms with Gasteiger partial charge in [0.2, 0.25) is 5.13 Å². The van der Waals surface area contributed by atoms with Crippen LogP contribution in [0.3, 0.4) is 0 Å². The molecule has 0 aliphatic heterocycles. The molecule has 10 heteroatoms. The van der Waals surface area contributed by atoms with Crippen molar-refractivity contribution >= 4 is 28.7 Å². The molecule has 162 valence electrons. The van der Waals surface area contributed by atoms with Gasteiger partial charge in [-0.1, -0.05) is 0 Å². The summed E-state index contributed by atoms with van der Waals surface area (Å²) < 4.78 is 51.2. The third-order valence-electron chi connectivity index (χ3n) is 3.90. The van der Waals surface area contributed by atoms with Gasteiger partial charge in [0.1, 0.15) is 18.2 Å². The van der Waals surface area contributed by atoms with Crippen LogP contribution in [0.15, 0.2) is 46.9 Å². The van der Waals surface area contributed by atoms with Crippen molar-refractivity contribution in [1.82, 2.24) is 4.98 Å². The van der Waals surface area contributed by atoms with Gasteiger partial charge in [-0.25, -0.2) is 18.2 Å². The predicted molar refractivity (Wildman–Crippen MR) is 111 cm³/mol. The lowest BCUT2D eigenvalue weighted by atomic mass is 10.2. The van der Waals surface area contributed by atoms with E-state index in [4.69, 9.17) is 9.47 Å². The second kappa shape index (κ2) is 10.6. The number of hydrogen-bond donors (Lipinski definition) is 1. The molecule has 3 rings (SSSR count). The highest BCUT2D eigenvalue weighted by molar-refractivity contribution is 7.13. The molecular formula is C21H18F3N3O3S. The maximum absolute atomic E-state index is 14.2. The summed E-state index contributed by atoms with van der Waals surface area (Å²) in [5.74, 6) is -2.37. The van der Waals surface area contributed by atoms with Gasteiger partial charge in [-0.3, -0.25) is 10.2 Å². The van der Waals surface area contributed by atoms with E-state index in [0.29, 0.717) is 23.0 Å². The van der Waals surface area contributed by atoms with Gasteiger partial charge >= 0.3 is 5.97 Å².